The summed E-state index contributed by atoms with van der Waals surface area (Å²) in [6.07, 6.45) is 1.32. The third kappa shape index (κ3) is 3.53. The number of fused-ring (bicyclic) bond motifs is 2. The van der Waals surface area contributed by atoms with Gasteiger partial charge in [-0.2, -0.15) is 0 Å². The topological polar surface area (TPSA) is 4.44 Å². The summed E-state index contributed by atoms with van der Waals surface area (Å²) in [5, 5.41) is 1.56. The number of halogens is 2. The van der Waals surface area contributed by atoms with E-state index in [4.69, 9.17) is 11.6 Å². The highest BCUT2D eigenvalue weighted by Crippen LogP contribution is 2.44. The van der Waals surface area contributed by atoms with Crippen molar-refractivity contribution in [3.63, 3.8) is 0 Å². The number of rotatable bonds is 4. The minimum atomic E-state index is 0.650. The molecule has 1 aliphatic heterocycles. The van der Waals surface area contributed by atoms with Crippen LogP contribution in [0, 0.1) is 19.8 Å². The number of likely N-dealkylation sites (tertiary alicyclic amines) is 1. The highest BCUT2D eigenvalue weighted by molar-refractivity contribution is 9.09. The second-order valence-electron chi connectivity index (χ2n) is 7.51. The number of nitrogens with one attached hydrogen (secondary N) is 1. The first-order chi connectivity index (χ1) is 12.0. The van der Waals surface area contributed by atoms with Gasteiger partial charge in [-0.1, -0.05) is 57.9 Å². The zero-order valence-electron chi connectivity index (χ0n) is 14.6. The molecule has 1 unspecified atom stereocenters. The molecule has 0 radical (unpaired) electrons. The Balaban J connectivity index is 1.53. The molecule has 5 atom stereocenters. The molecule has 0 amide bonds. The van der Waals surface area contributed by atoms with Crippen LogP contribution < -0.4 is 4.90 Å². The van der Waals surface area contributed by atoms with Crippen LogP contribution in [0.2, 0.25) is 5.02 Å². The number of thioether (sulfide) groups is 1. The average molecular weight is 438 g/mol. The molecule has 25 heavy (non-hydrogen) atoms. The standard InChI is InChI=1S/C21H23BrClNS/c1-13-9-18(14(2)8-17(13)23)25-19-10-16-12-24(21(19)20(16)22)11-15-6-4-3-5-7-15/h3-9,16,19-21H,10-12H2,1-2H3/p+1/t16-,19+,20+,21-/m0/s1. The molecule has 2 aromatic carbocycles. The van der Waals surface area contributed by atoms with Crippen molar-refractivity contribution in [3.05, 3.63) is 64.2 Å². The molecule has 0 aromatic heterocycles. The van der Waals surface area contributed by atoms with Crippen LogP contribution in [0.5, 0.6) is 0 Å². The fraction of sp³-hybridized carbons (Fsp3) is 0.429. The molecule has 4 heteroatoms. The van der Waals surface area contributed by atoms with Gasteiger partial charge in [-0.15, -0.1) is 11.8 Å². The number of benzene rings is 2. The lowest BCUT2D eigenvalue weighted by Gasteiger charge is -2.30. The summed E-state index contributed by atoms with van der Waals surface area (Å²) in [6, 6.07) is 16.0. The Labute approximate surface area is 168 Å². The van der Waals surface area contributed by atoms with Crippen molar-refractivity contribution >= 4 is 39.3 Å². The normalized spacial score (nSPS) is 30.8. The van der Waals surface area contributed by atoms with E-state index < -0.39 is 0 Å². The average Bonchev–Trinajstić information content (AvgIpc) is 3.04. The van der Waals surface area contributed by atoms with Crippen LogP contribution in [0.1, 0.15) is 23.1 Å². The summed E-state index contributed by atoms with van der Waals surface area (Å²) in [7, 11) is 0. The smallest absolute Gasteiger partial charge is 0.113 e. The molecule has 2 aromatic rings. The molecule has 0 spiro atoms. The maximum absolute atomic E-state index is 6.28. The summed E-state index contributed by atoms with van der Waals surface area (Å²) < 4.78 is 0. The molecule has 2 fully saturated rings. The van der Waals surface area contributed by atoms with Crippen molar-refractivity contribution in [3.8, 4) is 0 Å². The lowest BCUT2D eigenvalue weighted by atomic mass is 10.1. The number of quaternary nitrogens is 1. The van der Waals surface area contributed by atoms with Gasteiger partial charge in [0.05, 0.1) is 16.6 Å². The van der Waals surface area contributed by atoms with Crippen LogP contribution >= 0.6 is 39.3 Å². The van der Waals surface area contributed by atoms with Crippen molar-refractivity contribution in [1.29, 1.82) is 0 Å². The monoisotopic (exact) mass is 436 g/mol. The Morgan fingerprint density at radius 3 is 2.64 bits per heavy atom. The molecule has 1 saturated carbocycles. The summed E-state index contributed by atoms with van der Waals surface area (Å²) >= 11 is 12.4. The molecule has 1 saturated heterocycles. The van der Waals surface area contributed by atoms with Crippen LogP contribution in [0.3, 0.4) is 0 Å². The van der Waals surface area contributed by atoms with Gasteiger partial charge < -0.3 is 4.90 Å². The Morgan fingerprint density at radius 1 is 1.16 bits per heavy atom. The maximum atomic E-state index is 6.28. The lowest BCUT2D eigenvalue weighted by Crippen LogP contribution is -3.15. The van der Waals surface area contributed by atoms with E-state index in [1.807, 2.05) is 0 Å². The Bertz CT molecular complexity index is 766. The summed E-state index contributed by atoms with van der Waals surface area (Å²) in [5.41, 5.74) is 3.94. The van der Waals surface area contributed by atoms with Gasteiger partial charge >= 0.3 is 0 Å². The van der Waals surface area contributed by atoms with Crippen molar-refractivity contribution in [1.82, 2.24) is 0 Å². The lowest BCUT2D eigenvalue weighted by molar-refractivity contribution is -0.929. The van der Waals surface area contributed by atoms with Gasteiger partial charge in [0.25, 0.3) is 0 Å². The molecule has 1 heterocycles. The Morgan fingerprint density at radius 2 is 1.92 bits per heavy atom. The minimum Gasteiger partial charge on any atom is -0.327 e. The minimum absolute atomic E-state index is 0.650. The third-order valence-electron chi connectivity index (χ3n) is 5.73. The molecule has 4 rings (SSSR count). The van der Waals surface area contributed by atoms with Crippen molar-refractivity contribution in [2.24, 2.45) is 5.92 Å². The van der Waals surface area contributed by atoms with Gasteiger partial charge in [0.1, 0.15) is 12.6 Å². The zero-order chi connectivity index (χ0) is 17.6. The first-order valence-electron chi connectivity index (χ1n) is 8.99. The SMILES string of the molecule is Cc1cc(S[C@@H]2C[C@H]3C[NH+](Cc4ccccc4)[C@@H]2[C@@H]3Br)c(C)cc1Cl. The Hall–Kier alpha value is -0.480. The number of hydrogen-bond acceptors (Lipinski definition) is 1. The van der Waals surface area contributed by atoms with Crippen molar-refractivity contribution in [2.75, 3.05) is 6.54 Å². The van der Waals surface area contributed by atoms with Gasteiger partial charge in [-0.25, -0.2) is 0 Å². The van der Waals surface area contributed by atoms with Crippen LogP contribution in [0.25, 0.3) is 0 Å². The van der Waals surface area contributed by atoms with E-state index in [0.717, 1.165) is 17.5 Å². The molecule has 2 aliphatic rings. The molecular formula is C21H24BrClNS+. The molecule has 1 nitrogen and oxygen atoms in total. The van der Waals surface area contributed by atoms with E-state index in [0.29, 0.717) is 16.1 Å². The van der Waals surface area contributed by atoms with Crippen molar-refractivity contribution < 1.29 is 4.90 Å². The predicted molar refractivity (Wildman–Crippen MR) is 111 cm³/mol. The number of alkyl halides is 1. The van der Waals surface area contributed by atoms with E-state index in [1.165, 1.54) is 34.6 Å². The quantitative estimate of drug-likeness (QED) is 0.681. The Kier molecular flexibility index (Phi) is 5.20. The summed E-state index contributed by atoms with van der Waals surface area (Å²) in [4.78, 5) is 3.79. The van der Waals surface area contributed by atoms with E-state index in [9.17, 15) is 0 Å². The van der Waals surface area contributed by atoms with Crippen LogP contribution in [-0.2, 0) is 6.54 Å². The molecule has 132 valence electrons. The third-order valence-corrected chi connectivity index (χ3v) is 8.94. The fourth-order valence-electron chi connectivity index (χ4n) is 4.44. The molecular weight excluding hydrogens is 414 g/mol. The largest absolute Gasteiger partial charge is 0.327 e. The summed E-state index contributed by atoms with van der Waals surface area (Å²) in [6.45, 7) is 6.72. The molecule has 1 N–H and O–H groups in total. The van der Waals surface area contributed by atoms with Gasteiger partial charge in [0, 0.05) is 21.4 Å². The zero-order valence-corrected chi connectivity index (χ0v) is 17.8. The van der Waals surface area contributed by atoms with E-state index >= 15 is 0 Å². The van der Waals surface area contributed by atoms with Crippen LogP contribution in [-0.4, -0.2) is 22.7 Å². The van der Waals surface area contributed by atoms with Gasteiger partial charge in [-0.3, -0.25) is 0 Å². The highest BCUT2D eigenvalue weighted by atomic mass is 79.9. The van der Waals surface area contributed by atoms with Gasteiger partial charge in [0.15, 0.2) is 0 Å². The first-order valence-corrected chi connectivity index (χ1v) is 11.2. The van der Waals surface area contributed by atoms with Crippen molar-refractivity contribution in [2.45, 2.75) is 47.8 Å². The first kappa shape index (κ1) is 17.9. The number of aryl methyl sites for hydroxylation is 2. The number of hydrogen-bond donors (Lipinski definition) is 1. The second-order valence-corrected chi connectivity index (χ2v) is 10.3. The van der Waals surface area contributed by atoms with Gasteiger partial charge in [-0.05, 0) is 43.5 Å². The summed E-state index contributed by atoms with van der Waals surface area (Å²) in [5.74, 6) is 0.801. The van der Waals surface area contributed by atoms with E-state index in [-0.39, 0.29) is 0 Å². The van der Waals surface area contributed by atoms with Crippen LogP contribution in [0.4, 0.5) is 0 Å². The van der Waals surface area contributed by atoms with E-state index in [1.54, 1.807) is 4.90 Å². The predicted octanol–water partition coefficient (Wildman–Crippen LogP) is 4.67. The molecule has 1 aliphatic carbocycles. The van der Waals surface area contributed by atoms with E-state index in [2.05, 4.69) is 84.0 Å². The molecule has 2 bridgehead atoms. The highest BCUT2D eigenvalue weighted by Gasteiger charge is 2.55. The fourth-order valence-corrected chi connectivity index (χ4v) is 7.68. The maximum Gasteiger partial charge on any atom is 0.113 e. The van der Waals surface area contributed by atoms with Gasteiger partial charge in [0.2, 0.25) is 0 Å². The van der Waals surface area contributed by atoms with Crippen LogP contribution in [0.15, 0.2) is 47.4 Å². The number of piperidine rings is 1. The second kappa shape index (κ2) is 7.26.